The van der Waals surface area contributed by atoms with E-state index in [1.54, 1.807) is 24.3 Å². The predicted octanol–water partition coefficient (Wildman–Crippen LogP) is 3.61. The van der Waals surface area contributed by atoms with Crippen molar-refractivity contribution in [3.05, 3.63) is 81.5 Å². The van der Waals surface area contributed by atoms with Crippen LogP contribution in [0.15, 0.2) is 69.2 Å². The minimum absolute atomic E-state index is 0.0256. The van der Waals surface area contributed by atoms with E-state index in [0.29, 0.717) is 16.5 Å². The lowest BCUT2D eigenvalue weighted by atomic mass is 9.84. The van der Waals surface area contributed by atoms with E-state index < -0.39 is 18.2 Å². The summed E-state index contributed by atoms with van der Waals surface area (Å²) in [6, 6.07) is 14.4. The first-order chi connectivity index (χ1) is 13.5. The second-order valence-corrected chi connectivity index (χ2v) is 6.00. The quantitative estimate of drug-likeness (QED) is 0.695. The van der Waals surface area contributed by atoms with E-state index in [-0.39, 0.29) is 28.5 Å². The van der Waals surface area contributed by atoms with Crippen LogP contribution in [-0.2, 0) is 0 Å². The van der Waals surface area contributed by atoms with Gasteiger partial charge >= 0.3 is 12.2 Å². The van der Waals surface area contributed by atoms with Crippen LogP contribution in [0.5, 0.6) is 11.5 Å². The summed E-state index contributed by atoms with van der Waals surface area (Å²) in [5, 5.41) is 10.1. The highest BCUT2D eigenvalue weighted by Gasteiger charge is 2.35. The summed E-state index contributed by atoms with van der Waals surface area (Å²) in [6.07, 6.45) is 0. The van der Waals surface area contributed by atoms with Gasteiger partial charge in [0.15, 0.2) is 5.75 Å². The normalized spacial score (nSPS) is 15.9. The van der Waals surface area contributed by atoms with Crippen LogP contribution in [-0.4, -0.2) is 6.61 Å². The third kappa shape index (κ3) is 2.83. The Morgan fingerprint density at radius 1 is 1.14 bits per heavy atom. The average Bonchev–Trinajstić information content (AvgIpc) is 2.67. The molecule has 4 rings (SSSR count). The summed E-state index contributed by atoms with van der Waals surface area (Å²) < 4.78 is 40.1. The van der Waals surface area contributed by atoms with Gasteiger partial charge in [-0.05, 0) is 29.8 Å². The van der Waals surface area contributed by atoms with Crippen LogP contribution in [0.2, 0.25) is 0 Å². The second-order valence-electron chi connectivity index (χ2n) is 6.00. The van der Waals surface area contributed by atoms with Crippen LogP contribution in [0.3, 0.4) is 0 Å². The van der Waals surface area contributed by atoms with Gasteiger partial charge in [0.1, 0.15) is 23.0 Å². The Bertz CT molecular complexity index is 1190. The van der Waals surface area contributed by atoms with Gasteiger partial charge < -0.3 is 19.6 Å². The highest BCUT2D eigenvalue weighted by atomic mass is 19.3. The summed E-state index contributed by atoms with van der Waals surface area (Å²) in [7, 11) is 0. The third-order valence-electron chi connectivity index (χ3n) is 4.41. The van der Waals surface area contributed by atoms with Crippen LogP contribution in [0, 0.1) is 11.3 Å². The molecule has 6 nitrogen and oxygen atoms in total. The van der Waals surface area contributed by atoms with E-state index in [2.05, 4.69) is 4.74 Å². The number of alkyl halides is 2. The highest BCUT2D eigenvalue weighted by molar-refractivity contribution is 5.86. The van der Waals surface area contributed by atoms with Gasteiger partial charge in [-0.2, -0.15) is 14.0 Å². The van der Waals surface area contributed by atoms with Gasteiger partial charge in [0.25, 0.3) is 0 Å². The number of ether oxygens (including phenoxy) is 2. The maximum Gasteiger partial charge on any atom is 0.387 e. The first-order valence-electron chi connectivity index (χ1n) is 8.17. The third-order valence-corrected chi connectivity index (χ3v) is 4.41. The number of nitrogens with two attached hydrogens (primary N) is 1. The summed E-state index contributed by atoms with van der Waals surface area (Å²) in [5.74, 6) is -0.841. The Hall–Kier alpha value is -3.86. The molecule has 2 heterocycles. The molecule has 0 bridgehead atoms. The van der Waals surface area contributed by atoms with Crippen molar-refractivity contribution in [2.24, 2.45) is 5.73 Å². The van der Waals surface area contributed by atoms with Crippen molar-refractivity contribution in [1.82, 2.24) is 0 Å². The van der Waals surface area contributed by atoms with Crippen LogP contribution in [0.4, 0.5) is 8.78 Å². The molecule has 0 amide bonds. The van der Waals surface area contributed by atoms with Crippen molar-refractivity contribution in [3.8, 4) is 17.6 Å². The van der Waals surface area contributed by atoms with Crippen molar-refractivity contribution in [3.63, 3.8) is 0 Å². The van der Waals surface area contributed by atoms with E-state index in [4.69, 9.17) is 14.9 Å². The van der Waals surface area contributed by atoms with Gasteiger partial charge in [-0.15, -0.1) is 0 Å². The molecule has 0 saturated carbocycles. The molecule has 1 aliphatic rings. The first kappa shape index (κ1) is 17.5. The molecule has 1 aromatic heterocycles. The van der Waals surface area contributed by atoms with Gasteiger partial charge in [0.2, 0.25) is 5.88 Å². The molecule has 0 radical (unpaired) electrons. The van der Waals surface area contributed by atoms with Crippen molar-refractivity contribution in [2.75, 3.05) is 0 Å². The monoisotopic (exact) mass is 382 g/mol. The van der Waals surface area contributed by atoms with E-state index in [0.717, 1.165) is 0 Å². The molecule has 1 aliphatic heterocycles. The summed E-state index contributed by atoms with van der Waals surface area (Å²) in [5.41, 5.74) is 6.21. The summed E-state index contributed by atoms with van der Waals surface area (Å²) in [6.45, 7) is -2.96. The fourth-order valence-electron chi connectivity index (χ4n) is 3.24. The molecule has 0 unspecified atom stereocenters. The second kappa shape index (κ2) is 6.70. The zero-order chi connectivity index (χ0) is 19.8. The summed E-state index contributed by atoms with van der Waals surface area (Å²) >= 11 is 0. The van der Waals surface area contributed by atoms with Crippen LogP contribution < -0.4 is 20.8 Å². The number of halogens is 2. The molecule has 1 atom stereocenters. The van der Waals surface area contributed by atoms with Crippen molar-refractivity contribution in [1.29, 1.82) is 5.26 Å². The molecule has 3 aromatic rings. The van der Waals surface area contributed by atoms with Crippen molar-refractivity contribution >= 4 is 11.0 Å². The fourth-order valence-corrected chi connectivity index (χ4v) is 3.24. The van der Waals surface area contributed by atoms with E-state index in [1.165, 1.54) is 24.3 Å². The number of hydrogen-bond acceptors (Lipinski definition) is 6. The number of nitriles is 1. The van der Waals surface area contributed by atoms with Crippen LogP contribution in [0.1, 0.15) is 17.0 Å². The molecule has 28 heavy (non-hydrogen) atoms. The SMILES string of the molecule is N#CC1=C(N)Oc2c(c(=O)oc3ccccc23)[C@@H]1c1ccc(OC(F)F)cc1. The minimum atomic E-state index is -2.96. The van der Waals surface area contributed by atoms with Gasteiger partial charge in [0, 0.05) is 0 Å². The number of hydrogen-bond donors (Lipinski definition) is 1. The van der Waals surface area contributed by atoms with E-state index in [9.17, 15) is 18.8 Å². The molecule has 8 heteroatoms. The number of fused-ring (bicyclic) bond motifs is 3. The zero-order valence-electron chi connectivity index (χ0n) is 14.2. The Labute approximate surface area is 157 Å². The topological polar surface area (TPSA) is 98.5 Å². The average molecular weight is 382 g/mol. The van der Waals surface area contributed by atoms with Gasteiger partial charge in [0.05, 0.1) is 16.9 Å². The predicted molar refractivity (Wildman–Crippen MR) is 94.9 cm³/mol. The lowest BCUT2D eigenvalue weighted by Crippen LogP contribution is -2.26. The molecule has 0 aliphatic carbocycles. The molecule has 140 valence electrons. The Balaban J connectivity index is 1.93. The number of para-hydroxylation sites is 1. The Morgan fingerprint density at radius 2 is 1.86 bits per heavy atom. The van der Waals surface area contributed by atoms with Crippen LogP contribution >= 0.6 is 0 Å². The number of nitrogens with zero attached hydrogens (tertiary/aromatic N) is 1. The molecule has 0 saturated heterocycles. The standard InChI is InChI=1S/C20H12F2N2O4/c21-20(22)26-11-7-5-10(6-8-11)15-13(9-23)18(24)28-17-12-3-1-2-4-14(12)27-19(25)16(15)17/h1-8,15,20H,24H2/t15-/m1/s1. The van der Waals surface area contributed by atoms with Crippen molar-refractivity contribution in [2.45, 2.75) is 12.5 Å². The minimum Gasteiger partial charge on any atom is -0.439 e. The summed E-state index contributed by atoms with van der Waals surface area (Å²) in [4.78, 5) is 12.7. The number of benzene rings is 2. The molecular weight excluding hydrogens is 370 g/mol. The van der Waals surface area contributed by atoms with Crippen molar-refractivity contribution < 1.29 is 22.7 Å². The smallest absolute Gasteiger partial charge is 0.387 e. The van der Waals surface area contributed by atoms with E-state index >= 15 is 0 Å². The molecular formula is C20H12F2N2O4. The maximum absolute atomic E-state index is 12.7. The Kier molecular flexibility index (Phi) is 4.20. The lowest BCUT2D eigenvalue weighted by molar-refractivity contribution is -0.0498. The number of rotatable bonds is 3. The van der Waals surface area contributed by atoms with Gasteiger partial charge in [-0.3, -0.25) is 0 Å². The fraction of sp³-hybridized carbons (Fsp3) is 0.100. The molecule has 0 spiro atoms. The largest absolute Gasteiger partial charge is 0.439 e. The van der Waals surface area contributed by atoms with Crippen LogP contribution in [0.25, 0.3) is 11.0 Å². The lowest BCUT2D eigenvalue weighted by Gasteiger charge is -2.26. The highest BCUT2D eigenvalue weighted by Crippen LogP contribution is 2.43. The molecule has 2 aromatic carbocycles. The number of allylic oxidation sites excluding steroid dienone is 1. The van der Waals surface area contributed by atoms with E-state index in [1.807, 2.05) is 6.07 Å². The first-order valence-corrected chi connectivity index (χ1v) is 8.17. The zero-order valence-corrected chi connectivity index (χ0v) is 14.2. The maximum atomic E-state index is 12.7. The van der Waals surface area contributed by atoms with Gasteiger partial charge in [-0.25, -0.2) is 4.79 Å². The molecule has 0 fully saturated rings. The Morgan fingerprint density at radius 3 is 2.54 bits per heavy atom. The molecule has 2 N–H and O–H groups in total. The van der Waals surface area contributed by atoms with Gasteiger partial charge in [-0.1, -0.05) is 24.3 Å².